The van der Waals surface area contributed by atoms with Crippen molar-refractivity contribution in [3.8, 4) is 0 Å². The van der Waals surface area contributed by atoms with Gasteiger partial charge in [-0.3, -0.25) is 4.98 Å². The zero-order chi connectivity index (χ0) is 14.6. The van der Waals surface area contributed by atoms with E-state index in [9.17, 15) is 0 Å². The van der Waals surface area contributed by atoms with E-state index < -0.39 is 0 Å². The third-order valence-corrected chi connectivity index (χ3v) is 4.29. The van der Waals surface area contributed by atoms with Crippen LogP contribution >= 0.6 is 0 Å². The highest BCUT2D eigenvalue weighted by Crippen LogP contribution is 2.35. The highest BCUT2D eigenvalue weighted by Gasteiger charge is 2.27. The lowest BCUT2D eigenvalue weighted by molar-refractivity contribution is 0.369. The lowest BCUT2D eigenvalue weighted by Crippen LogP contribution is -2.25. The van der Waals surface area contributed by atoms with E-state index in [1.54, 1.807) is 0 Å². The van der Waals surface area contributed by atoms with E-state index in [0.717, 1.165) is 12.8 Å². The molecule has 2 aromatic rings. The fourth-order valence-electron chi connectivity index (χ4n) is 2.55. The third-order valence-electron chi connectivity index (χ3n) is 4.29. The van der Waals surface area contributed by atoms with Gasteiger partial charge in [-0.25, -0.2) is 0 Å². The molecule has 2 rings (SSSR count). The summed E-state index contributed by atoms with van der Waals surface area (Å²) in [5, 5.41) is 0. The van der Waals surface area contributed by atoms with Crippen LogP contribution in [0.4, 0.5) is 0 Å². The van der Waals surface area contributed by atoms with Crippen molar-refractivity contribution < 1.29 is 0 Å². The monoisotopic (exact) mass is 267 g/mol. The molecule has 0 aliphatic carbocycles. The van der Waals surface area contributed by atoms with Gasteiger partial charge in [0.2, 0.25) is 0 Å². The lowest BCUT2D eigenvalue weighted by atomic mass is 9.74. The molecule has 1 nitrogen and oxygen atoms in total. The Balaban J connectivity index is 2.08. The number of rotatable bonds is 5. The van der Waals surface area contributed by atoms with Crippen molar-refractivity contribution in [1.29, 1.82) is 0 Å². The SMILES string of the molecule is CC(C)(CCC(C)(C)c1ccccn1)c1ccccc1. The molecule has 0 aliphatic rings. The zero-order valence-corrected chi connectivity index (χ0v) is 13.1. The summed E-state index contributed by atoms with van der Waals surface area (Å²) < 4.78 is 0. The molecule has 1 aromatic heterocycles. The number of pyridine rings is 1. The quantitative estimate of drug-likeness (QED) is 0.733. The Hall–Kier alpha value is -1.63. The van der Waals surface area contributed by atoms with Gasteiger partial charge in [0.25, 0.3) is 0 Å². The molecular formula is C19H25N. The van der Waals surface area contributed by atoms with Gasteiger partial charge in [-0.05, 0) is 36.0 Å². The summed E-state index contributed by atoms with van der Waals surface area (Å²) >= 11 is 0. The molecule has 0 aliphatic heterocycles. The van der Waals surface area contributed by atoms with Crippen molar-refractivity contribution in [1.82, 2.24) is 4.98 Å². The van der Waals surface area contributed by atoms with E-state index in [-0.39, 0.29) is 10.8 Å². The van der Waals surface area contributed by atoms with Crippen LogP contribution in [0.5, 0.6) is 0 Å². The molecule has 0 fully saturated rings. The van der Waals surface area contributed by atoms with Crippen LogP contribution in [-0.4, -0.2) is 4.98 Å². The molecule has 106 valence electrons. The Bertz CT molecular complexity index is 475. The molecule has 0 radical (unpaired) electrons. The minimum Gasteiger partial charge on any atom is -0.261 e. The molecule has 1 heterocycles. The van der Waals surface area contributed by atoms with E-state index in [4.69, 9.17) is 0 Å². The van der Waals surface area contributed by atoms with E-state index in [0.29, 0.717) is 0 Å². The fourth-order valence-corrected chi connectivity index (χ4v) is 2.55. The molecule has 1 heteroatoms. The highest BCUT2D eigenvalue weighted by molar-refractivity contribution is 5.24. The molecule has 0 amide bonds. The van der Waals surface area contributed by atoms with Crippen LogP contribution in [0.15, 0.2) is 54.7 Å². The molecule has 0 bridgehead atoms. The lowest BCUT2D eigenvalue weighted by Gasteiger charge is -2.31. The second kappa shape index (κ2) is 5.78. The Labute approximate surface area is 123 Å². The predicted octanol–water partition coefficient (Wildman–Crippen LogP) is 5.12. The topological polar surface area (TPSA) is 12.9 Å². The normalized spacial score (nSPS) is 12.4. The third kappa shape index (κ3) is 3.47. The summed E-state index contributed by atoms with van der Waals surface area (Å²) in [7, 11) is 0. The van der Waals surface area contributed by atoms with E-state index in [1.807, 2.05) is 12.3 Å². The average Bonchev–Trinajstić information content (AvgIpc) is 2.47. The van der Waals surface area contributed by atoms with Crippen molar-refractivity contribution >= 4 is 0 Å². The van der Waals surface area contributed by atoms with Gasteiger partial charge in [-0.2, -0.15) is 0 Å². The second-order valence-electron chi connectivity index (χ2n) is 6.85. The maximum Gasteiger partial charge on any atom is 0.0459 e. The molecule has 1 aromatic carbocycles. The number of hydrogen-bond donors (Lipinski definition) is 0. The van der Waals surface area contributed by atoms with Crippen LogP contribution in [-0.2, 0) is 10.8 Å². The van der Waals surface area contributed by atoms with Gasteiger partial charge in [-0.1, -0.05) is 64.1 Å². The molecular weight excluding hydrogens is 242 g/mol. The van der Waals surface area contributed by atoms with Crippen LogP contribution in [0, 0.1) is 0 Å². The Morgan fingerprint density at radius 2 is 1.35 bits per heavy atom. The number of benzene rings is 1. The van der Waals surface area contributed by atoms with Gasteiger partial charge in [0.15, 0.2) is 0 Å². The molecule has 0 N–H and O–H groups in total. The van der Waals surface area contributed by atoms with Gasteiger partial charge < -0.3 is 0 Å². The van der Waals surface area contributed by atoms with Crippen molar-refractivity contribution in [3.63, 3.8) is 0 Å². The highest BCUT2D eigenvalue weighted by atomic mass is 14.7. The molecule has 0 saturated carbocycles. The standard InChI is InChI=1S/C19H25N/c1-18(2,16-10-6-5-7-11-16)13-14-19(3,4)17-12-8-9-15-20-17/h5-12,15H,13-14H2,1-4H3. The van der Waals surface area contributed by atoms with Crippen LogP contribution in [0.3, 0.4) is 0 Å². The van der Waals surface area contributed by atoms with Crippen LogP contribution in [0.2, 0.25) is 0 Å². The number of hydrogen-bond acceptors (Lipinski definition) is 1. The average molecular weight is 267 g/mol. The van der Waals surface area contributed by atoms with Gasteiger partial charge in [0.05, 0.1) is 0 Å². The van der Waals surface area contributed by atoms with Gasteiger partial charge in [-0.15, -0.1) is 0 Å². The van der Waals surface area contributed by atoms with Gasteiger partial charge >= 0.3 is 0 Å². The maximum atomic E-state index is 4.52. The first-order chi connectivity index (χ1) is 9.42. The van der Waals surface area contributed by atoms with Crippen molar-refractivity contribution in [3.05, 3.63) is 66.0 Å². The number of aromatic nitrogens is 1. The van der Waals surface area contributed by atoms with Gasteiger partial charge in [0, 0.05) is 17.3 Å². The Kier molecular flexibility index (Phi) is 4.27. The summed E-state index contributed by atoms with van der Waals surface area (Å²) in [6.45, 7) is 9.24. The largest absolute Gasteiger partial charge is 0.261 e. The van der Waals surface area contributed by atoms with Crippen LogP contribution < -0.4 is 0 Å². The number of nitrogens with zero attached hydrogens (tertiary/aromatic N) is 1. The van der Waals surface area contributed by atoms with Crippen molar-refractivity contribution in [2.75, 3.05) is 0 Å². The first kappa shape index (κ1) is 14.8. The Morgan fingerprint density at radius 3 is 1.95 bits per heavy atom. The summed E-state index contributed by atoms with van der Waals surface area (Å²) in [6, 6.07) is 17.0. The van der Waals surface area contributed by atoms with Crippen LogP contribution in [0.1, 0.15) is 51.8 Å². The molecule has 20 heavy (non-hydrogen) atoms. The van der Waals surface area contributed by atoms with Crippen LogP contribution in [0.25, 0.3) is 0 Å². The minimum atomic E-state index is 0.118. The summed E-state index contributed by atoms with van der Waals surface area (Å²) in [6.07, 6.45) is 4.17. The van der Waals surface area contributed by atoms with Crippen molar-refractivity contribution in [2.45, 2.75) is 51.4 Å². The first-order valence-corrected chi connectivity index (χ1v) is 7.39. The zero-order valence-electron chi connectivity index (χ0n) is 13.1. The van der Waals surface area contributed by atoms with Gasteiger partial charge in [0.1, 0.15) is 0 Å². The fraction of sp³-hybridized carbons (Fsp3) is 0.421. The summed E-state index contributed by atoms with van der Waals surface area (Å²) in [5.41, 5.74) is 2.92. The second-order valence-corrected chi connectivity index (χ2v) is 6.85. The molecule has 0 spiro atoms. The molecule has 0 saturated heterocycles. The molecule has 0 unspecified atom stereocenters. The maximum absolute atomic E-state index is 4.52. The van der Waals surface area contributed by atoms with E-state index in [2.05, 4.69) is 75.1 Å². The van der Waals surface area contributed by atoms with E-state index >= 15 is 0 Å². The van der Waals surface area contributed by atoms with Crippen molar-refractivity contribution in [2.24, 2.45) is 0 Å². The molecule has 0 atom stereocenters. The Morgan fingerprint density at radius 1 is 0.750 bits per heavy atom. The first-order valence-electron chi connectivity index (χ1n) is 7.39. The summed E-state index contributed by atoms with van der Waals surface area (Å²) in [5.74, 6) is 0. The van der Waals surface area contributed by atoms with E-state index in [1.165, 1.54) is 11.3 Å². The minimum absolute atomic E-state index is 0.118. The predicted molar refractivity (Wildman–Crippen MR) is 86.0 cm³/mol. The smallest absolute Gasteiger partial charge is 0.0459 e. The summed E-state index contributed by atoms with van der Waals surface area (Å²) in [4.78, 5) is 4.52.